The Hall–Kier alpha value is -2.25. The lowest BCUT2D eigenvalue weighted by molar-refractivity contribution is -0.135. The van der Waals surface area contributed by atoms with Crippen molar-refractivity contribution in [1.29, 1.82) is 0 Å². The molecule has 1 unspecified atom stereocenters. The molecule has 0 radical (unpaired) electrons. The fourth-order valence-electron chi connectivity index (χ4n) is 3.51. The molecule has 0 bridgehead atoms. The van der Waals surface area contributed by atoms with Gasteiger partial charge in [0.1, 0.15) is 0 Å². The van der Waals surface area contributed by atoms with Gasteiger partial charge in [0.15, 0.2) is 11.5 Å². The Morgan fingerprint density at radius 1 is 1.24 bits per heavy atom. The van der Waals surface area contributed by atoms with Crippen LogP contribution in [-0.4, -0.2) is 56.0 Å². The summed E-state index contributed by atoms with van der Waals surface area (Å²) in [6.07, 6.45) is 0.955. The molecule has 1 fully saturated rings. The van der Waals surface area contributed by atoms with Gasteiger partial charge in [-0.15, -0.1) is 11.3 Å². The zero-order chi connectivity index (χ0) is 21.0. The Bertz CT molecular complexity index is 885. The van der Waals surface area contributed by atoms with Crippen molar-refractivity contribution in [3.05, 3.63) is 45.1 Å². The Morgan fingerprint density at radius 3 is 2.66 bits per heavy atom. The molecule has 2 amide bonds. The molecular formula is C21H25ClN2O4S. The summed E-state index contributed by atoms with van der Waals surface area (Å²) in [5.74, 6) is 1.07. The first kappa shape index (κ1) is 21.5. The van der Waals surface area contributed by atoms with E-state index >= 15 is 0 Å². The van der Waals surface area contributed by atoms with Crippen LogP contribution in [0.2, 0.25) is 4.34 Å². The van der Waals surface area contributed by atoms with E-state index in [4.69, 9.17) is 21.1 Å². The van der Waals surface area contributed by atoms with E-state index in [0.717, 1.165) is 10.4 Å². The van der Waals surface area contributed by atoms with Crippen molar-refractivity contribution in [3.63, 3.8) is 0 Å². The van der Waals surface area contributed by atoms with Crippen molar-refractivity contribution in [2.75, 3.05) is 34.4 Å². The zero-order valence-electron chi connectivity index (χ0n) is 16.8. The quantitative estimate of drug-likeness (QED) is 0.635. The van der Waals surface area contributed by atoms with E-state index in [9.17, 15) is 9.59 Å². The van der Waals surface area contributed by atoms with Crippen LogP contribution in [-0.2, 0) is 22.6 Å². The number of likely N-dealkylation sites (tertiary alicyclic amines) is 1. The number of ether oxygens (including phenoxy) is 2. The van der Waals surface area contributed by atoms with Gasteiger partial charge >= 0.3 is 0 Å². The van der Waals surface area contributed by atoms with E-state index in [1.165, 1.54) is 11.3 Å². The predicted octanol–water partition coefficient (Wildman–Crippen LogP) is 3.47. The summed E-state index contributed by atoms with van der Waals surface area (Å²) in [4.78, 5) is 29.7. The van der Waals surface area contributed by atoms with E-state index in [1.54, 1.807) is 31.1 Å². The average molecular weight is 437 g/mol. The lowest BCUT2D eigenvalue weighted by Gasteiger charge is -2.21. The minimum absolute atomic E-state index is 0.00325. The fraction of sp³-hybridized carbons (Fsp3) is 0.429. The van der Waals surface area contributed by atoms with Gasteiger partial charge in [0.2, 0.25) is 11.8 Å². The van der Waals surface area contributed by atoms with E-state index in [0.29, 0.717) is 41.9 Å². The molecule has 0 N–H and O–H groups in total. The van der Waals surface area contributed by atoms with Crippen molar-refractivity contribution in [2.24, 2.45) is 5.92 Å². The Kier molecular flexibility index (Phi) is 7.03. The maximum absolute atomic E-state index is 12.8. The third-order valence-corrected chi connectivity index (χ3v) is 6.30. The van der Waals surface area contributed by atoms with Crippen molar-refractivity contribution < 1.29 is 19.1 Å². The largest absolute Gasteiger partial charge is 0.493 e. The van der Waals surface area contributed by atoms with Gasteiger partial charge in [-0.05, 0) is 36.2 Å². The highest BCUT2D eigenvalue weighted by Gasteiger charge is 2.35. The number of benzene rings is 1. The summed E-state index contributed by atoms with van der Waals surface area (Å²) in [6, 6.07) is 9.49. The van der Waals surface area contributed by atoms with Gasteiger partial charge in [0.05, 0.1) is 31.0 Å². The number of thiophene rings is 1. The second-order valence-corrected chi connectivity index (χ2v) is 8.88. The smallest absolute Gasteiger partial charge is 0.228 e. The van der Waals surface area contributed by atoms with Crippen molar-refractivity contribution in [1.82, 2.24) is 9.80 Å². The van der Waals surface area contributed by atoms with E-state index in [1.807, 2.05) is 30.3 Å². The number of hydrogen-bond acceptors (Lipinski definition) is 5. The number of methoxy groups -OCH3 is 2. The summed E-state index contributed by atoms with van der Waals surface area (Å²) < 4.78 is 11.3. The second-order valence-electron chi connectivity index (χ2n) is 7.08. The van der Waals surface area contributed by atoms with Crippen molar-refractivity contribution in [3.8, 4) is 11.5 Å². The van der Waals surface area contributed by atoms with E-state index in [-0.39, 0.29) is 24.2 Å². The number of carbonyl (C=O) groups excluding carboxylic acids is 2. The highest BCUT2D eigenvalue weighted by atomic mass is 35.5. The lowest BCUT2D eigenvalue weighted by Crippen LogP contribution is -2.34. The molecule has 156 valence electrons. The third kappa shape index (κ3) is 5.22. The molecule has 1 aromatic heterocycles. The van der Waals surface area contributed by atoms with Crippen molar-refractivity contribution >= 4 is 34.8 Å². The van der Waals surface area contributed by atoms with Gasteiger partial charge in [0, 0.05) is 31.4 Å². The minimum atomic E-state index is -0.298. The first-order valence-electron chi connectivity index (χ1n) is 9.39. The molecule has 3 rings (SSSR count). The van der Waals surface area contributed by atoms with Gasteiger partial charge in [-0.1, -0.05) is 17.7 Å². The van der Waals surface area contributed by atoms with E-state index in [2.05, 4.69) is 0 Å². The van der Waals surface area contributed by atoms with Gasteiger partial charge < -0.3 is 19.3 Å². The second kappa shape index (κ2) is 9.50. The molecule has 0 saturated carbocycles. The van der Waals surface area contributed by atoms with Crippen LogP contribution < -0.4 is 9.47 Å². The maximum Gasteiger partial charge on any atom is 0.228 e. The molecule has 8 heteroatoms. The van der Waals surface area contributed by atoms with Crippen LogP contribution in [0.25, 0.3) is 0 Å². The Labute approximate surface area is 180 Å². The molecule has 1 aromatic carbocycles. The molecular weight excluding hydrogens is 412 g/mol. The summed E-state index contributed by atoms with van der Waals surface area (Å²) in [5, 5.41) is 0. The lowest BCUT2D eigenvalue weighted by atomic mass is 10.1. The SMILES string of the molecule is COc1ccc(CCN2CC(C(=O)N(C)Cc3ccc(Cl)s3)CC2=O)cc1OC. The zero-order valence-corrected chi connectivity index (χ0v) is 18.4. The standard InChI is InChI=1S/C21H25ClN2O4S/c1-23(13-16-5-7-19(22)29-16)21(26)15-11-20(25)24(12-15)9-8-14-4-6-17(27-2)18(10-14)28-3/h4-7,10,15H,8-9,11-13H2,1-3H3. The molecule has 29 heavy (non-hydrogen) atoms. The summed E-state index contributed by atoms with van der Waals surface area (Å²) in [6.45, 7) is 1.54. The van der Waals surface area contributed by atoms with Crippen LogP contribution in [0.5, 0.6) is 11.5 Å². The summed E-state index contributed by atoms with van der Waals surface area (Å²) in [7, 11) is 4.97. The Balaban J connectivity index is 1.55. The van der Waals surface area contributed by atoms with Crippen LogP contribution in [0.3, 0.4) is 0 Å². The number of rotatable bonds is 8. The number of hydrogen-bond donors (Lipinski definition) is 0. The molecule has 2 aromatic rings. The van der Waals surface area contributed by atoms with E-state index < -0.39 is 0 Å². The molecule has 2 heterocycles. The normalized spacial score (nSPS) is 16.2. The minimum Gasteiger partial charge on any atom is -0.493 e. The number of nitrogens with zero attached hydrogens (tertiary/aromatic N) is 2. The van der Waals surface area contributed by atoms with Gasteiger partial charge in [0.25, 0.3) is 0 Å². The highest BCUT2D eigenvalue weighted by molar-refractivity contribution is 7.16. The molecule has 1 aliphatic heterocycles. The third-order valence-electron chi connectivity index (χ3n) is 5.08. The van der Waals surface area contributed by atoms with Crippen LogP contribution in [0, 0.1) is 5.92 Å². The number of amides is 2. The van der Waals surface area contributed by atoms with Gasteiger partial charge in [-0.3, -0.25) is 9.59 Å². The average Bonchev–Trinajstić information content (AvgIpc) is 3.30. The van der Waals surface area contributed by atoms with Crippen LogP contribution >= 0.6 is 22.9 Å². The molecule has 0 spiro atoms. The van der Waals surface area contributed by atoms with Gasteiger partial charge in [-0.25, -0.2) is 0 Å². The van der Waals surface area contributed by atoms with Gasteiger partial charge in [-0.2, -0.15) is 0 Å². The molecule has 1 aliphatic rings. The molecule has 1 atom stereocenters. The van der Waals surface area contributed by atoms with Crippen LogP contribution in [0.15, 0.2) is 30.3 Å². The fourth-order valence-corrected chi connectivity index (χ4v) is 4.66. The summed E-state index contributed by atoms with van der Waals surface area (Å²) in [5.41, 5.74) is 1.05. The van der Waals surface area contributed by atoms with Crippen LogP contribution in [0.4, 0.5) is 0 Å². The molecule has 1 saturated heterocycles. The maximum atomic E-state index is 12.8. The topological polar surface area (TPSA) is 59.1 Å². The Morgan fingerprint density at radius 2 is 2.00 bits per heavy atom. The highest BCUT2D eigenvalue weighted by Crippen LogP contribution is 2.28. The number of halogens is 1. The molecule has 0 aliphatic carbocycles. The predicted molar refractivity (Wildman–Crippen MR) is 114 cm³/mol. The van der Waals surface area contributed by atoms with Crippen LogP contribution in [0.1, 0.15) is 16.9 Å². The van der Waals surface area contributed by atoms with Crippen molar-refractivity contribution in [2.45, 2.75) is 19.4 Å². The summed E-state index contributed by atoms with van der Waals surface area (Å²) >= 11 is 7.42. The first-order chi connectivity index (χ1) is 13.9. The monoisotopic (exact) mass is 436 g/mol. The first-order valence-corrected chi connectivity index (χ1v) is 10.6. The molecule has 6 nitrogen and oxygen atoms in total. The number of carbonyl (C=O) groups is 2.